The van der Waals surface area contributed by atoms with Crippen molar-refractivity contribution in [3.05, 3.63) is 46.6 Å². The maximum atomic E-state index is 13.2. The third-order valence-electron chi connectivity index (χ3n) is 8.88. The van der Waals surface area contributed by atoms with Crippen LogP contribution in [-0.4, -0.2) is 62.9 Å². The van der Waals surface area contributed by atoms with Crippen LogP contribution in [0.3, 0.4) is 0 Å². The van der Waals surface area contributed by atoms with Crippen molar-refractivity contribution < 1.29 is 24.0 Å². The number of Topliss-reactive ketones (excluding diaryl/α,β-unsaturated/α-hetero) is 1. The van der Waals surface area contributed by atoms with Crippen LogP contribution in [0.2, 0.25) is 0 Å². The number of ketones is 1. The van der Waals surface area contributed by atoms with Crippen LogP contribution in [0, 0.1) is 23.7 Å². The monoisotopic (exact) mass is 579 g/mol. The molecule has 0 radical (unpaired) electrons. The van der Waals surface area contributed by atoms with Gasteiger partial charge in [0.05, 0.1) is 11.8 Å². The molecule has 4 fully saturated rings. The Balaban J connectivity index is 1.24. The number of rotatable bonds is 11. The van der Waals surface area contributed by atoms with Gasteiger partial charge in [-0.2, -0.15) is 5.10 Å². The normalized spacial score (nSPS) is 24.5. The lowest BCUT2D eigenvalue weighted by molar-refractivity contribution is -0.137. The van der Waals surface area contributed by atoms with Gasteiger partial charge in [0.15, 0.2) is 0 Å². The van der Waals surface area contributed by atoms with Gasteiger partial charge in [-0.25, -0.2) is 0 Å². The Kier molecular flexibility index (Phi) is 8.55. The molecule has 2 aromatic heterocycles. The largest absolute Gasteiger partial charge is 0.353 e. The van der Waals surface area contributed by atoms with E-state index in [0.717, 1.165) is 37.5 Å². The fourth-order valence-electron chi connectivity index (χ4n) is 7.10. The highest BCUT2D eigenvalue weighted by atomic mass is 16.2. The van der Waals surface area contributed by atoms with Gasteiger partial charge in [0, 0.05) is 39.0 Å². The fraction of sp³-hybridized carbons (Fsp3) is 0.552. The van der Waals surface area contributed by atoms with Crippen molar-refractivity contribution in [2.45, 2.75) is 63.6 Å². The minimum absolute atomic E-state index is 0.0804. The highest BCUT2D eigenvalue weighted by molar-refractivity contribution is 6.36. The number of pyridine rings is 1. The fourth-order valence-corrected chi connectivity index (χ4v) is 7.10. The number of nitrogens with zero attached hydrogens (tertiary/aromatic N) is 3. The van der Waals surface area contributed by atoms with Gasteiger partial charge in [0.25, 0.3) is 17.4 Å². The zero-order chi connectivity index (χ0) is 30.0. The van der Waals surface area contributed by atoms with Gasteiger partial charge in [-0.15, -0.1) is 0 Å². The Morgan fingerprint density at radius 1 is 1.05 bits per heavy atom. The van der Waals surface area contributed by atoms with Crippen molar-refractivity contribution in [1.29, 1.82) is 0 Å². The van der Waals surface area contributed by atoms with Crippen molar-refractivity contribution in [2.24, 2.45) is 30.7 Å². The van der Waals surface area contributed by atoms with Crippen molar-refractivity contribution in [3.8, 4) is 0 Å². The Bertz CT molecular complexity index is 1420. The van der Waals surface area contributed by atoms with Crippen molar-refractivity contribution >= 4 is 35.1 Å². The van der Waals surface area contributed by atoms with Gasteiger partial charge in [0.2, 0.25) is 17.6 Å². The summed E-state index contributed by atoms with van der Waals surface area (Å²) in [6, 6.07) is 1.86. The quantitative estimate of drug-likeness (QED) is 0.278. The van der Waals surface area contributed by atoms with E-state index in [1.54, 1.807) is 13.1 Å². The molecule has 4 aliphatic rings. The number of nitrogens with one attached hydrogen (secondary N) is 4. The second-order valence-electron chi connectivity index (χ2n) is 11.8. The molecule has 4 N–H and O–H groups in total. The van der Waals surface area contributed by atoms with Crippen LogP contribution >= 0.6 is 0 Å². The van der Waals surface area contributed by atoms with E-state index < -0.39 is 35.1 Å². The molecular formula is C29H37N7O6. The number of amides is 4. The standard InChI is InChI=1S/C29H37N7O6/c1-30-28(41)23(37)6-5-21(32-26(39)20-13-31-35(2)14-20)27(40)33-22-4-3-7-36(29(22)42)15-24(38)34-25-18-9-16-8-17(11-18)12-19(25)10-16/h3-4,7,13-14,16-19,21,25H,5-6,8-12,15H2,1-2H3,(H,30,41)(H,32,39)(H,33,40)(H,34,38)/t16?,17?,18?,19?,21-,25?/m0/s1. The number of carbonyl (C=O) groups is 5. The lowest BCUT2D eigenvalue weighted by Crippen LogP contribution is -2.56. The molecule has 6 rings (SSSR count). The van der Waals surface area contributed by atoms with E-state index in [1.165, 1.54) is 47.4 Å². The summed E-state index contributed by atoms with van der Waals surface area (Å²) in [5.74, 6) is -0.598. The number of hydrogen-bond acceptors (Lipinski definition) is 7. The first-order valence-corrected chi connectivity index (χ1v) is 14.4. The van der Waals surface area contributed by atoms with Crippen LogP contribution in [0.4, 0.5) is 5.69 Å². The summed E-state index contributed by atoms with van der Waals surface area (Å²) in [7, 11) is 2.95. The summed E-state index contributed by atoms with van der Waals surface area (Å²) in [6.45, 7) is -0.187. The summed E-state index contributed by atoms with van der Waals surface area (Å²) in [4.78, 5) is 75.9. The number of hydrogen-bond donors (Lipinski definition) is 4. The first-order valence-electron chi connectivity index (χ1n) is 14.4. The van der Waals surface area contributed by atoms with Crippen LogP contribution in [0.15, 0.2) is 35.5 Å². The summed E-state index contributed by atoms with van der Waals surface area (Å²) < 4.78 is 2.66. The molecule has 0 saturated heterocycles. The molecule has 4 amide bonds. The number of aryl methyl sites for hydroxylation is 1. The van der Waals surface area contributed by atoms with Crippen molar-refractivity contribution in [3.63, 3.8) is 0 Å². The average molecular weight is 580 g/mol. The van der Waals surface area contributed by atoms with E-state index in [-0.39, 0.29) is 42.6 Å². The number of carbonyl (C=O) groups excluding carboxylic acids is 5. The van der Waals surface area contributed by atoms with Crippen molar-refractivity contribution in [1.82, 2.24) is 30.3 Å². The molecule has 4 aliphatic carbocycles. The molecular weight excluding hydrogens is 542 g/mol. The minimum atomic E-state index is -1.24. The molecule has 13 nitrogen and oxygen atoms in total. The lowest BCUT2D eigenvalue weighted by atomic mass is 9.54. The smallest absolute Gasteiger partial charge is 0.287 e. The molecule has 0 spiro atoms. The highest BCUT2D eigenvalue weighted by Crippen LogP contribution is 2.53. The predicted octanol–water partition coefficient (Wildman–Crippen LogP) is 0.355. The number of likely N-dealkylation sites (N-methyl/N-ethyl adjacent to an activating group) is 1. The van der Waals surface area contributed by atoms with E-state index in [9.17, 15) is 28.8 Å². The van der Waals surface area contributed by atoms with Gasteiger partial charge in [0.1, 0.15) is 18.3 Å². The highest BCUT2D eigenvalue weighted by Gasteiger charge is 2.48. The van der Waals surface area contributed by atoms with Gasteiger partial charge in [-0.1, -0.05) is 0 Å². The maximum absolute atomic E-state index is 13.2. The van der Waals surface area contributed by atoms with Crippen LogP contribution in [0.5, 0.6) is 0 Å². The predicted molar refractivity (Wildman–Crippen MR) is 151 cm³/mol. The Morgan fingerprint density at radius 3 is 2.36 bits per heavy atom. The van der Waals surface area contributed by atoms with E-state index in [0.29, 0.717) is 11.8 Å². The molecule has 2 heterocycles. The zero-order valence-electron chi connectivity index (χ0n) is 23.8. The first kappa shape index (κ1) is 29.2. The second-order valence-corrected chi connectivity index (χ2v) is 11.8. The van der Waals surface area contributed by atoms with Gasteiger partial charge in [-0.05, 0) is 74.3 Å². The molecule has 42 heavy (non-hydrogen) atoms. The van der Waals surface area contributed by atoms with Gasteiger partial charge >= 0.3 is 0 Å². The van der Waals surface area contributed by atoms with E-state index in [1.807, 2.05) is 0 Å². The Morgan fingerprint density at radius 2 is 1.74 bits per heavy atom. The van der Waals surface area contributed by atoms with Crippen LogP contribution in [-0.2, 0) is 32.8 Å². The third kappa shape index (κ3) is 6.44. The SMILES string of the molecule is CNC(=O)C(=O)CC[C@H](NC(=O)c1cnn(C)c1)C(=O)Nc1cccn(CC(=O)NC2C3CC4CC(C3)CC2C4)c1=O. The van der Waals surface area contributed by atoms with E-state index in [4.69, 9.17) is 0 Å². The summed E-state index contributed by atoms with van der Waals surface area (Å²) >= 11 is 0. The molecule has 2 aromatic rings. The van der Waals surface area contributed by atoms with Crippen LogP contribution in [0.25, 0.3) is 0 Å². The molecule has 0 aromatic carbocycles. The molecule has 4 saturated carbocycles. The van der Waals surface area contributed by atoms with Crippen molar-refractivity contribution in [2.75, 3.05) is 12.4 Å². The molecule has 1 atom stereocenters. The third-order valence-corrected chi connectivity index (χ3v) is 8.88. The van der Waals surface area contributed by atoms with E-state index >= 15 is 0 Å². The average Bonchev–Trinajstić information content (AvgIpc) is 3.40. The lowest BCUT2D eigenvalue weighted by Gasteiger charge is -2.54. The maximum Gasteiger partial charge on any atom is 0.287 e. The van der Waals surface area contributed by atoms with Crippen LogP contribution < -0.4 is 26.8 Å². The van der Waals surface area contributed by atoms with Gasteiger partial charge in [-0.3, -0.25) is 33.4 Å². The molecule has 224 valence electrons. The number of anilines is 1. The number of aromatic nitrogens is 3. The Hall–Kier alpha value is -4.29. The summed E-state index contributed by atoms with van der Waals surface area (Å²) in [5.41, 5.74) is -0.465. The topological polar surface area (TPSA) is 173 Å². The minimum Gasteiger partial charge on any atom is -0.353 e. The molecule has 0 aliphatic heterocycles. The second kappa shape index (κ2) is 12.3. The first-order chi connectivity index (χ1) is 20.1. The molecule has 4 bridgehead atoms. The Labute approximate surface area is 242 Å². The van der Waals surface area contributed by atoms with Crippen LogP contribution in [0.1, 0.15) is 55.3 Å². The van der Waals surface area contributed by atoms with Gasteiger partial charge < -0.3 is 25.8 Å². The molecule has 13 heteroatoms. The van der Waals surface area contributed by atoms with E-state index in [2.05, 4.69) is 26.4 Å². The molecule has 0 unspecified atom stereocenters. The summed E-state index contributed by atoms with van der Waals surface area (Å²) in [5, 5.41) is 14.4. The zero-order valence-corrected chi connectivity index (χ0v) is 23.8. The summed E-state index contributed by atoms with van der Waals surface area (Å²) in [6.07, 6.45) is 9.73.